The summed E-state index contributed by atoms with van der Waals surface area (Å²) in [5, 5.41) is 2.96. The Morgan fingerprint density at radius 1 is 1.47 bits per heavy atom. The normalized spacial score (nSPS) is 25.9. The lowest BCUT2D eigenvalue weighted by Gasteiger charge is -2.43. The molecule has 0 radical (unpaired) electrons. The van der Waals surface area contributed by atoms with E-state index in [1.54, 1.807) is 23.5 Å². The Labute approximate surface area is 116 Å². The van der Waals surface area contributed by atoms with Gasteiger partial charge in [-0.15, -0.1) is 11.3 Å². The summed E-state index contributed by atoms with van der Waals surface area (Å²) < 4.78 is 0. The van der Waals surface area contributed by atoms with Crippen LogP contribution in [0, 0.1) is 0 Å². The fourth-order valence-corrected chi connectivity index (χ4v) is 3.59. The lowest BCUT2D eigenvalue weighted by molar-refractivity contribution is -0.154. The summed E-state index contributed by atoms with van der Waals surface area (Å²) in [6.07, 6.45) is 5.31. The fourth-order valence-electron chi connectivity index (χ4n) is 3.00. The van der Waals surface area contributed by atoms with Gasteiger partial charge < -0.3 is 10.2 Å². The molecule has 0 bridgehead atoms. The number of thiazole rings is 1. The van der Waals surface area contributed by atoms with Crippen molar-refractivity contribution in [1.82, 2.24) is 15.2 Å². The van der Waals surface area contributed by atoms with Gasteiger partial charge in [-0.25, -0.2) is 0 Å². The van der Waals surface area contributed by atoms with E-state index in [1.807, 2.05) is 0 Å². The van der Waals surface area contributed by atoms with Crippen molar-refractivity contribution in [2.45, 2.75) is 50.7 Å². The van der Waals surface area contributed by atoms with Crippen LogP contribution in [0.1, 0.15) is 37.5 Å². The van der Waals surface area contributed by atoms with Gasteiger partial charge in [-0.3, -0.25) is 14.6 Å². The summed E-state index contributed by atoms with van der Waals surface area (Å²) in [5.74, 6) is 0.0384. The van der Waals surface area contributed by atoms with E-state index in [0.29, 0.717) is 6.54 Å². The maximum atomic E-state index is 12.7. The molecular weight excluding hydrogens is 262 g/mol. The number of nitrogens with one attached hydrogen (secondary N) is 1. The molecule has 2 fully saturated rings. The van der Waals surface area contributed by atoms with Gasteiger partial charge in [0, 0.05) is 11.1 Å². The molecule has 102 valence electrons. The van der Waals surface area contributed by atoms with Gasteiger partial charge in [-0.2, -0.15) is 0 Å². The molecule has 2 heterocycles. The minimum Gasteiger partial charge on any atom is -0.340 e. The molecular formula is C13H17N3O2S. The summed E-state index contributed by atoms with van der Waals surface area (Å²) in [6, 6.07) is -0.402. The van der Waals surface area contributed by atoms with E-state index in [1.165, 1.54) is 11.3 Å². The van der Waals surface area contributed by atoms with Crippen LogP contribution in [-0.4, -0.2) is 33.3 Å². The van der Waals surface area contributed by atoms with Crippen LogP contribution in [0.2, 0.25) is 0 Å². The Kier molecular flexibility index (Phi) is 3.05. The third-order valence-electron chi connectivity index (χ3n) is 4.15. The molecule has 6 heteroatoms. The average Bonchev–Trinajstić information content (AvgIpc) is 3.04. The number of amides is 2. The van der Waals surface area contributed by atoms with Gasteiger partial charge in [0.2, 0.25) is 11.8 Å². The van der Waals surface area contributed by atoms with Crippen molar-refractivity contribution in [3.8, 4) is 0 Å². The molecule has 1 aromatic heterocycles. The highest BCUT2D eigenvalue weighted by Crippen LogP contribution is 2.35. The van der Waals surface area contributed by atoms with Crippen LogP contribution in [0.25, 0.3) is 0 Å². The molecule has 1 unspecified atom stereocenters. The maximum absolute atomic E-state index is 12.7. The Balaban J connectivity index is 1.87. The Morgan fingerprint density at radius 2 is 2.21 bits per heavy atom. The predicted molar refractivity (Wildman–Crippen MR) is 71.5 cm³/mol. The van der Waals surface area contributed by atoms with Gasteiger partial charge in [0.15, 0.2) is 0 Å². The highest BCUT2D eigenvalue weighted by atomic mass is 32.1. The smallest absolute Gasteiger partial charge is 0.249 e. The molecule has 1 atom stereocenters. The third kappa shape index (κ3) is 2.04. The van der Waals surface area contributed by atoms with E-state index >= 15 is 0 Å². The SMILES string of the molecule is CC1C(=O)NC2(CCCC2)C(=O)N1Cc1cncs1. The minimum absolute atomic E-state index is 0.0361. The van der Waals surface area contributed by atoms with Crippen LogP contribution in [-0.2, 0) is 16.1 Å². The number of carbonyl (C=O) groups excluding carboxylic acids is 2. The number of nitrogens with zero attached hydrogens (tertiary/aromatic N) is 2. The van der Waals surface area contributed by atoms with Crippen molar-refractivity contribution in [3.05, 3.63) is 16.6 Å². The molecule has 1 aromatic rings. The second-order valence-corrected chi connectivity index (χ2v) is 6.33. The quantitative estimate of drug-likeness (QED) is 0.887. The molecule has 2 amide bonds. The lowest BCUT2D eigenvalue weighted by Crippen LogP contribution is -2.68. The molecule has 19 heavy (non-hydrogen) atoms. The van der Waals surface area contributed by atoms with E-state index in [9.17, 15) is 9.59 Å². The molecule has 1 aliphatic heterocycles. The molecule has 0 aromatic carbocycles. The molecule has 1 saturated carbocycles. The number of carbonyl (C=O) groups is 2. The molecule has 2 aliphatic rings. The largest absolute Gasteiger partial charge is 0.340 e. The summed E-state index contributed by atoms with van der Waals surface area (Å²) in [4.78, 5) is 31.6. The van der Waals surface area contributed by atoms with Crippen LogP contribution in [0.5, 0.6) is 0 Å². The van der Waals surface area contributed by atoms with Crippen molar-refractivity contribution >= 4 is 23.2 Å². The van der Waals surface area contributed by atoms with Gasteiger partial charge in [0.1, 0.15) is 11.6 Å². The third-order valence-corrected chi connectivity index (χ3v) is 4.91. The van der Waals surface area contributed by atoms with Crippen molar-refractivity contribution < 1.29 is 9.59 Å². The van der Waals surface area contributed by atoms with Gasteiger partial charge >= 0.3 is 0 Å². The van der Waals surface area contributed by atoms with Crippen LogP contribution in [0.3, 0.4) is 0 Å². The maximum Gasteiger partial charge on any atom is 0.249 e. The van der Waals surface area contributed by atoms with Crippen molar-refractivity contribution in [2.24, 2.45) is 0 Å². The average molecular weight is 279 g/mol. The molecule has 1 aliphatic carbocycles. The molecule has 1 saturated heterocycles. The summed E-state index contributed by atoms with van der Waals surface area (Å²) >= 11 is 1.52. The van der Waals surface area contributed by atoms with E-state index in [-0.39, 0.29) is 11.8 Å². The van der Waals surface area contributed by atoms with Gasteiger partial charge in [0.05, 0.1) is 12.1 Å². The van der Waals surface area contributed by atoms with Crippen molar-refractivity contribution in [2.75, 3.05) is 0 Å². The van der Waals surface area contributed by atoms with Crippen LogP contribution >= 0.6 is 11.3 Å². The fraction of sp³-hybridized carbons (Fsp3) is 0.615. The lowest BCUT2D eigenvalue weighted by atomic mass is 9.91. The Hall–Kier alpha value is -1.43. The van der Waals surface area contributed by atoms with E-state index in [4.69, 9.17) is 0 Å². The Morgan fingerprint density at radius 3 is 2.84 bits per heavy atom. The molecule has 3 rings (SSSR count). The standard InChI is InChI=1S/C13H17N3O2S/c1-9-11(17)15-13(4-2-3-5-13)12(18)16(9)7-10-6-14-8-19-10/h6,8-9H,2-5,7H2,1H3,(H,15,17). The number of aromatic nitrogens is 1. The zero-order valence-corrected chi connectivity index (χ0v) is 11.7. The van der Waals surface area contributed by atoms with Crippen molar-refractivity contribution in [3.63, 3.8) is 0 Å². The minimum atomic E-state index is -0.631. The first kappa shape index (κ1) is 12.6. The number of hydrogen-bond acceptors (Lipinski definition) is 4. The molecule has 1 spiro atoms. The van der Waals surface area contributed by atoms with Gasteiger partial charge in [-0.05, 0) is 19.8 Å². The monoisotopic (exact) mass is 279 g/mol. The van der Waals surface area contributed by atoms with Gasteiger partial charge in [0.25, 0.3) is 0 Å². The van der Waals surface area contributed by atoms with Crippen molar-refractivity contribution in [1.29, 1.82) is 0 Å². The summed E-state index contributed by atoms with van der Waals surface area (Å²) in [5.41, 5.74) is 1.12. The van der Waals surface area contributed by atoms with Crippen LogP contribution in [0.4, 0.5) is 0 Å². The first-order valence-electron chi connectivity index (χ1n) is 6.63. The second-order valence-electron chi connectivity index (χ2n) is 5.36. The molecule has 1 N–H and O–H groups in total. The zero-order valence-electron chi connectivity index (χ0n) is 10.9. The zero-order chi connectivity index (χ0) is 13.5. The van der Waals surface area contributed by atoms with E-state index in [2.05, 4.69) is 10.3 Å². The first-order valence-corrected chi connectivity index (χ1v) is 7.51. The summed E-state index contributed by atoms with van der Waals surface area (Å²) in [6.45, 7) is 2.27. The molecule has 5 nitrogen and oxygen atoms in total. The highest BCUT2D eigenvalue weighted by Gasteiger charge is 2.50. The van der Waals surface area contributed by atoms with E-state index < -0.39 is 11.6 Å². The Bertz CT molecular complexity index is 494. The second kappa shape index (κ2) is 4.59. The predicted octanol–water partition coefficient (Wildman–Crippen LogP) is 1.30. The van der Waals surface area contributed by atoms with E-state index in [0.717, 1.165) is 30.6 Å². The topological polar surface area (TPSA) is 62.3 Å². The van der Waals surface area contributed by atoms with Gasteiger partial charge in [-0.1, -0.05) is 12.8 Å². The van der Waals surface area contributed by atoms with Crippen LogP contribution < -0.4 is 5.32 Å². The van der Waals surface area contributed by atoms with Crippen LogP contribution in [0.15, 0.2) is 11.7 Å². The number of rotatable bonds is 2. The number of piperazine rings is 1. The highest BCUT2D eigenvalue weighted by molar-refractivity contribution is 7.09. The summed E-state index contributed by atoms with van der Waals surface area (Å²) in [7, 11) is 0. The number of hydrogen-bond donors (Lipinski definition) is 1. The first-order chi connectivity index (χ1) is 9.12.